The number of anilines is 1. The van der Waals surface area contributed by atoms with Crippen LogP contribution in [0.2, 0.25) is 5.02 Å². The minimum absolute atomic E-state index is 0.200. The highest BCUT2D eigenvalue weighted by atomic mass is 35.5. The first-order valence-corrected chi connectivity index (χ1v) is 10.9. The summed E-state index contributed by atoms with van der Waals surface area (Å²) in [6, 6.07) is 12.6. The van der Waals surface area contributed by atoms with Gasteiger partial charge in [0.2, 0.25) is 0 Å². The number of nitrogens with zero attached hydrogens (tertiary/aromatic N) is 2. The number of aromatic nitrogens is 2. The molecule has 7 nitrogen and oxygen atoms in total. The van der Waals surface area contributed by atoms with Gasteiger partial charge in [0.05, 0.1) is 5.69 Å². The second kappa shape index (κ2) is 10.8. The summed E-state index contributed by atoms with van der Waals surface area (Å²) in [5, 5.41) is 10.6. The average Bonchev–Trinajstić information content (AvgIpc) is 3.20. The third-order valence-electron chi connectivity index (χ3n) is 4.81. The monoisotopic (exact) mass is 454 g/mol. The number of hydrogen-bond donors (Lipinski definition) is 2. The van der Waals surface area contributed by atoms with E-state index in [1.54, 1.807) is 35.1 Å². The van der Waals surface area contributed by atoms with Crippen molar-refractivity contribution < 1.29 is 14.3 Å². The molecular formula is C24H27ClN4O3. The number of ether oxygens (including phenoxy) is 1. The Morgan fingerprint density at radius 2 is 1.94 bits per heavy atom. The summed E-state index contributed by atoms with van der Waals surface area (Å²) < 4.78 is 7.50. The minimum atomic E-state index is -0.324. The van der Waals surface area contributed by atoms with E-state index in [4.69, 9.17) is 16.3 Å². The van der Waals surface area contributed by atoms with Crippen molar-refractivity contribution in [3.8, 4) is 5.75 Å². The number of rotatable bonds is 9. The molecule has 8 heteroatoms. The fourth-order valence-corrected chi connectivity index (χ4v) is 3.32. The first kappa shape index (κ1) is 23.3. The molecule has 0 saturated carbocycles. The van der Waals surface area contributed by atoms with Crippen LogP contribution in [0.1, 0.15) is 52.2 Å². The number of halogens is 1. The van der Waals surface area contributed by atoms with Crippen molar-refractivity contribution in [2.75, 3.05) is 11.9 Å². The van der Waals surface area contributed by atoms with Crippen LogP contribution in [0.15, 0.2) is 48.7 Å². The van der Waals surface area contributed by atoms with Crippen molar-refractivity contribution in [2.24, 2.45) is 0 Å². The molecule has 0 bridgehead atoms. The summed E-state index contributed by atoms with van der Waals surface area (Å²) in [7, 11) is 0. The third kappa shape index (κ3) is 5.88. The maximum atomic E-state index is 12.9. The molecule has 168 valence electrons. The molecule has 1 heterocycles. The summed E-state index contributed by atoms with van der Waals surface area (Å²) >= 11 is 5.99. The van der Waals surface area contributed by atoms with Crippen molar-refractivity contribution in [1.29, 1.82) is 0 Å². The van der Waals surface area contributed by atoms with Crippen LogP contribution in [0.5, 0.6) is 5.75 Å². The van der Waals surface area contributed by atoms with Gasteiger partial charge in [-0.3, -0.25) is 14.3 Å². The number of carbonyl (C=O) groups is 2. The van der Waals surface area contributed by atoms with Gasteiger partial charge in [-0.15, -0.1) is 0 Å². The molecule has 0 unspecified atom stereocenters. The van der Waals surface area contributed by atoms with E-state index >= 15 is 0 Å². The molecule has 2 aromatic carbocycles. The summed E-state index contributed by atoms with van der Waals surface area (Å²) in [4.78, 5) is 25.3. The molecule has 0 aliphatic carbocycles. The molecule has 32 heavy (non-hydrogen) atoms. The Bertz CT molecular complexity index is 1110. The normalized spacial score (nSPS) is 10.6. The Balaban J connectivity index is 1.72. The smallest absolute Gasteiger partial charge is 0.273 e. The molecule has 2 N–H and O–H groups in total. The van der Waals surface area contributed by atoms with Gasteiger partial charge in [0.25, 0.3) is 11.8 Å². The van der Waals surface area contributed by atoms with E-state index in [0.29, 0.717) is 36.0 Å². The minimum Gasteiger partial charge on any atom is -0.489 e. The standard InChI is InChI=1S/C24H27ClN4O3/c1-4-11-26-24(31)22-20(14-29(5-2)28-22)27-23(30)18-8-6-7-17(13-18)15-32-21-10-9-19(25)12-16(21)3/h6-10,12-14H,4-5,11,15H2,1-3H3,(H,26,31)(H,27,30). The number of amides is 2. The molecule has 0 radical (unpaired) electrons. The van der Waals surface area contributed by atoms with Crippen LogP contribution in [0.3, 0.4) is 0 Å². The SMILES string of the molecule is CCCNC(=O)c1nn(CC)cc1NC(=O)c1cccc(COc2ccc(Cl)cc2C)c1. The maximum absolute atomic E-state index is 12.9. The largest absolute Gasteiger partial charge is 0.489 e. The molecule has 2 amide bonds. The summed E-state index contributed by atoms with van der Waals surface area (Å²) in [6.45, 7) is 7.25. The van der Waals surface area contributed by atoms with Crippen LogP contribution in [-0.4, -0.2) is 28.1 Å². The van der Waals surface area contributed by atoms with Crippen LogP contribution < -0.4 is 15.4 Å². The van der Waals surface area contributed by atoms with Gasteiger partial charge in [0.1, 0.15) is 12.4 Å². The molecule has 0 spiro atoms. The first-order chi connectivity index (χ1) is 15.4. The Morgan fingerprint density at radius 1 is 1.12 bits per heavy atom. The van der Waals surface area contributed by atoms with E-state index in [0.717, 1.165) is 23.3 Å². The number of benzene rings is 2. The topological polar surface area (TPSA) is 85.3 Å². The summed E-state index contributed by atoms with van der Waals surface area (Å²) in [5.41, 5.74) is 2.82. The van der Waals surface area contributed by atoms with Crippen LogP contribution in [-0.2, 0) is 13.2 Å². The lowest BCUT2D eigenvalue weighted by Crippen LogP contribution is -2.26. The molecule has 3 aromatic rings. The van der Waals surface area contributed by atoms with Gasteiger partial charge in [0, 0.05) is 29.9 Å². The Morgan fingerprint density at radius 3 is 2.66 bits per heavy atom. The zero-order valence-corrected chi connectivity index (χ0v) is 19.2. The number of aryl methyl sites for hydroxylation is 2. The highest BCUT2D eigenvalue weighted by Gasteiger charge is 2.19. The van der Waals surface area contributed by atoms with Gasteiger partial charge in [-0.05, 0) is 61.7 Å². The van der Waals surface area contributed by atoms with E-state index in [1.807, 2.05) is 39.0 Å². The van der Waals surface area contributed by atoms with E-state index in [9.17, 15) is 9.59 Å². The lowest BCUT2D eigenvalue weighted by molar-refractivity contribution is 0.0948. The van der Waals surface area contributed by atoms with E-state index in [2.05, 4.69) is 15.7 Å². The zero-order valence-electron chi connectivity index (χ0n) is 18.4. The zero-order chi connectivity index (χ0) is 23.1. The number of nitrogens with one attached hydrogen (secondary N) is 2. The van der Waals surface area contributed by atoms with Gasteiger partial charge in [-0.25, -0.2) is 0 Å². The molecule has 1 aromatic heterocycles. The molecule has 3 rings (SSSR count). The fraction of sp³-hybridized carbons (Fsp3) is 0.292. The maximum Gasteiger partial charge on any atom is 0.273 e. The summed E-state index contributed by atoms with van der Waals surface area (Å²) in [5.74, 6) is 0.100. The molecule has 0 saturated heterocycles. The van der Waals surface area contributed by atoms with Gasteiger partial charge in [0.15, 0.2) is 5.69 Å². The van der Waals surface area contributed by atoms with Crippen LogP contribution >= 0.6 is 11.6 Å². The van der Waals surface area contributed by atoms with Crippen LogP contribution in [0.4, 0.5) is 5.69 Å². The van der Waals surface area contributed by atoms with Crippen LogP contribution in [0, 0.1) is 6.92 Å². The van der Waals surface area contributed by atoms with E-state index < -0.39 is 0 Å². The van der Waals surface area contributed by atoms with Crippen molar-refractivity contribution in [3.63, 3.8) is 0 Å². The molecule has 0 aliphatic heterocycles. The quantitative estimate of drug-likeness (QED) is 0.484. The van der Waals surface area contributed by atoms with Crippen molar-refractivity contribution >= 4 is 29.1 Å². The van der Waals surface area contributed by atoms with Gasteiger partial charge in [-0.2, -0.15) is 5.10 Å². The number of hydrogen-bond acceptors (Lipinski definition) is 4. The second-order valence-electron chi connectivity index (χ2n) is 7.36. The lowest BCUT2D eigenvalue weighted by Gasteiger charge is -2.11. The predicted molar refractivity (Wildman–Crippen MR) is 125 cm³/mol. The Hall–Kier alpha value is -3.32. The molecule has 0 aliphatic rings. The van der Waals surface area contributed by atoms with Crippen LogP contribution in [0.25, 0.3) is 0 Å². The van der Waals surface area contributed by atoms with E-state index in [-0.39, 0.29) is 17.5 Å². The second-order valence-corrected chi connectivity index (χ2v) is 7.79. The van der Waals surface area contributed by atoms with E-state index in [1.165, 1.54) is 0 Å². The molecular weight excluding hydrogens is 428 g/mol. The molecule has 0 atom stereocenters. The van der Waals surface area contributed by atoms with Crippen molar-refractivity contribution in [1.82, 2.24) is 15.1 Å². The van der Waals surface area contributed by atoms with Gasteiger partial charge < -0.3 is 15.4 Å². The number of carbonyl (C=O) groups excluding carboxylic acids is 2. The Kier molecular flexibility index (Phi) is 7.89. The highest BCUT2D eigenvalue weighted by molar-refractivity contribution is 6.30. The Labute approximate surface area is 192 Å². The average molecular weight is 455 g/mol. The van der Waals surface area contributed by atoms with Crippen molar-refractivity contribution in [3.05, 3.63) is 76.1 Å². The fourth-order valence-electron chi connectivity index (χ4n) is 3.10. The molecule has 0 fully saturated rings. The van der Waals surface area contributed by atoms with Gasteiger partial charge >= 0.3 is 0 Å². The van der Waals surface area contributed by atoms with Crippen molar-refractivity contribution in [2.45, 2.75) is 40.3 Å². The van der Waals surface area contributed by atoms with Gasteiger partial charge in [-0.1, -0.05) is 30.7 Å². The third-order valence-corrected chi connectivity index (χ3v) is 5.04. The summed E-state index contributed by atoms with van der Waals surface area (Å²) in [6.07, 6.45) is 2.47. The first-order valence-electron chi connectivity index (χ1n) is 10.6. The highest BCUT2D eigenvalue weighted by Crippen LogP contribution is 2.23. The predicted octanol–water partition coefficient (Wildman–Crippen LogP) is 4.84. The lowest BCUT2D eigenvalue weighted by atomic mass is 10.1.